The minimum absolute atomic E-state index is 0.0568. The predicted molar refractivity (Wildman–Crippen MR) is 161 cm³/mol. The number of imidazole rings is 1. The van der Waals surface area contributed by atoms with E-state index in [2.05, 4.69) is 26.6 Å². The third-order valence-electron chi connectivity index (χ3n) is 6.53. The number of fused-ring (bicyclic) bond motifs is 1. The van der Waals surface area contributed by atoms with Crippen molar-refractivity contribution in [3.8, 4) is 5.75 Å². The lowest BCUT2D eigenvalue weighted by atomic mass is 9.85. The number of rotatable bonds is 8. The molecule has 1 amide bonds. The van der Waals surface area contributed by atoms with Crippen LogP contribution in [0.2, 0.25) is 0 Å². The van der Waals surface area contributed by atoms with E-state index in [-0.39, 0.29) is 35.0 Å². The average molecular weight is 580 g/mol. The highest BCUT2D eigenvalue weighted by atomic mass is 16.5. The number of nitrogens with one attached hydrogen (secondary N) is 2. The van der Waals surface area contributed by atoms with Gasteiger partial charge in [-0.2, -0.15) is 0 Å². The first-order valence-electron chi connectivity index (χ1n) is 13.0. The molecule has 1 aliphatic rings. The number of carbonyl (C=O) groups excluding carboxylic acids is 4. The Hall–Kier alpha value is -5.77. The molecule has 0 aliphatic heterocycles. The summed E-state index contributed by atoms with van der Waals surface area (Å²) in [7, 11) is 4.22. The van der Waals surface area contributed by atoms with Crippen LogP contribution in [0.15, 0.2) is 109 Å². The van der Waals surface area contributed by atoms with Crippen molar-refractivity contribution in [2.75, 3.05) is 26.6 Å². The van der Waals surface area contributed by atoms with Crippen LogP contribution in [0.25, 0.3) is 11.0 Å². The number of ketones is 3. The maximum absolute atomic E-state index is 12.4. The molecule has 1 aromatic heterocycles. The van der Waals surface area contributed by atoms with Crippen molar-refractivity contribution in [3.63, 3.8) is 0 Å². The van der Waals surface area contributed by atoms with Crippen LogP contribution < -0.4 is 10.1 Å². The molecule has 1 heterocycles. The Morgan fingerprint density at radius 2 is 1.60 bits per heavy atom. The molecule has 0 radical (unpaired) electrons. The summed E-state index contributed by atoms with van der Waals surface area (Å²) in [6, 6.07) is 21.5. The Morgan fingerprint density at radius 1 is 0.884 bits per heavy atom. The number of anilines is 1. The van der Waals surface area contributed by atoms with Gasteiger partial charge in [0.05, 0.1) is 32.4 Å². The molecule has 5 rings (SSSR count). The van der Waals surface area contributed by atoms with Crippen LogP contribution in [0.4, 0.5) is 10.7 Å². The zero-order chi connectivity index (χ0) is 30.9. The highest BCUT2D eigenvalue weighted by molar-refractivity contribution is 6.19. The molecule has 1 atom stereocenters. The summed E-state index contributed by atoms with van der Waals surface area (Å²) >= 11 is 0. The number of amides is 1. The fourth-order valence-electron chi connectivity index (χ4n) is 4.33. The summed E-state index contributed by atoms with van der Waals surface area (Å²) in [4.78, 5) is 54.7. The minimum Gasteiger partial charge on any atom is -0.497 e. The second kappa shape index (κ2) is 13.7. The monoisotopic (exact) mass is 579 g/mol. The molecule has 0 saturated heterocycles. The van der Waals surface area contributed by atoms with Gasteiger partial charge in [-0.1, -0.05) is 48.5 Å². The Morgan fingerprint density at radius 3 is 2.23 bits per heavy atom. The molecule has 2 N–H and O–H groups in total. The Bertz CT molecular complexity index is 1740. The van der Waals surface area contributed by atoms with Crippen LogP contribution in [0.1, 0.15) is 27.4 Å². The fraction of sp³-hybridized carbons (Fsp3) is 0.121. The van der Waals surface area contributed by atoms with Crippen LogP contribution >= 0.6 is 0 Å². The number of carbonyl (C=O) groups is 4. The van der Waals surface area contributed by atoms with Crippen LogP contribution in [-0.2, 0) is 19.1 Å². The lowest BCUT2D eigenvalue weighted by Gasteiger charge is -2.18. The van der Waals surface area contributed by atoms with Crippen molar-refractivity contribution < 1.29 is 33.4 Å². The predicted octanol–water partition coefficient (Wildman–Crippen LogP) is 5.55. The summed E-state index contributed by atoms with van der Waals surface area (Å²) in [6.07, 6.45) is 3.57. The zero-order valence-corrected chi connectivity index (χ0v) is 23.7. The summed E-state index contributed by atoms with van der Waals surface area (Å²) in [5.41, 5.74) is 3.74. The average Bonchev–Trinajstić information content (AvgIpc) is 3.44. The Kier molecular flexibility index (Phi) is 9.64. The van der Waals surface area contributed by atoms with Crippen LogP contribution in [0, 0.1) is 0 Å². The van der Waals surface area contributed by atoms with Gasteiger partial charge in [-0.3, -0.25) is 19.7 Å². The van der Waals surface area contributed by atoms with Gasteiger partial charge in [0.25, 0.3) is 0 Å². The van der Waals surface area contributed by atoms with Gasteiger partial charge in [0.2, 0.25) is 11.7 Å². The van der Waals surface area contributed by atoms with Crippen LogP contribution in [-0.4, -0.2) is 54.7 Å². The number of methoxy groups -OCH3 is 3. The van der Waals surface area contributed by atoms with Gasteiger partial charge < -0.3 is 19.2 Å². The second-order valence-electron chi connectivity index (χ2n) is 9.16. The summed E-state index contributed by atoms with van der Waals surface area (Å²) in [6.45, 7) is 3.77. The van der Waals surface area contributed by atoms with Crippen LogP contribution in [0.5, 0.6) is 5.75 Å². The van der Waals surface area contributed by atoms with E-state index in [0.29, 0.717) is 27.7 Å². The van der Waals surface area contributed by atoms with E-state index in [4.69, 9.17) is 9.47 Å². The van der Waals surface area contributed by atoms with Crippen molar-refractivity contribution in [2.24, 2.45) is 0 Å². The number of ether oxygens (including phenoxy) is 3. The molecule has 0 spiro atoms. The first-order valence-corrected chi connectivity index (χ1v) is 13.0. The molecule has 3 aromatic carbocycles. The van der Waals surface area contributed by atoms with E-state index in [1.807, 2.05) is 30.3 Å². The first-order chi connectivity index (χ1) is 20.8. The van der Waals surface area contributed by atoms with Crippen molar-refractivity contribution in [2.45, 2.75) is 5.92 Å². The van der Waals surface area contributed by atoms with Crippen molar-refractivity contribution in [1.29, 1.82) is 0 Å². The van der Waals surface area contributed by atoms with Gasteiger partial charge in [-0.25, -0.2) is 9.78 Å². The van der Waals surface area contributed by atoms with Gasteiger partial charge >= 0.3 is 6.09 Å². The lowest BCUT2D eigenvalue weighted by Crippen LogP contribution is -2.18. The normalized spacial score (nSPS) is 13.1. The van der Waals surface area contributed by atoms with Gasteiger partial charge in [0.1, 0.15) is 5.75 Å². The maximum atomic E-state index is 12.4. The van der Waals surface area contributed by atoms with E-state index in [1.165, 1.54) is 26.4 Å². The van der Waals surface area contributed by atoms with Gasteiger partial charge in [-0.05, 0) is 42.0 Å². The van der Waals surface area contributed by atoms with Crippen LogP contribution in [0.3, 0.4) is 0 Å². The van der Waals surface area contributed by atoms with E-state index in [1.54, 1.807) is 55.7 Å². The maximum Gasteiger partial charge on any atom is 0.413 e. The van der Waals surface area contributed by atoms with E-state index in [9.17, 15) is 19.2 Å². The molecular formula is C33H29N3O7. The minimum atomic E-state index is -0.611. The first kappa shape index (κ1) is 30.2. The number of allylic oxidation sites excluding steroid dienone is 4. The zero-order valence-electron chi connectivity index (χ0n) is 23.7. The van der Waals surface area contributed by atoms with Crippen molar-refractivity contribution in [1.82, 2.24) is 9.97 Å². The summed E-state index contributed by atoms with van der Waals surface area (Å²) in [5.74, 6) is 0.0804. The van der Waals surface area contributed by atoms with Gasteiger partial charge in [0, 0.05) is 28.7 Å². The topological polar surface area (TPSA) is 137 Å². The SMILES string of the molecule is C=CC(C1=CC(=O)C(OC)=CC1=O)c1ccc(OC)cc1.COC(=O)Nc1nc2ccc(C(=O)c3ccccc3)cc2[nH]1. The van der Waals surface area contributed by atoms with Crippen molar-refractivity contribution in [3.05, 3.63) is 126 Å². The largest absolute Gasteiger partial charge is 0.497 e. The molecule has 10 nitrogen and oxygen atoms in total. The number of benzene rings is 3. The molecule has 10 heteroatoms. The number of nitrogens with zero attached hydrogens (tertiary/aromatic N) is 1. The molecule has 0 saturated carbocycles. The quantitative estimate of drug-likeness (QED) is 0.158. The highest BCUT2D eigenvalue weighted by Gasteiger charge is 2.26. The number of hydrogen-bond acceptors (Lipinski definition) is 8. The molecule has 1 aliphatic carbocycles. The molecule has 43 heavy (non-hydrogen) atoms. The smallest absolute Gasteiger partial charge is 0.413 e. The molecule has 0 bridgehead atoms. The molecular weight excluding hydrogens is 550 g/mol. The highest BCUT2D eigenvalue weighted by Crippen LogP contribution is 2.30. The second-order valence-corrected chi connectivity index (χ2v) is 9.16. The Labute approximate surface area is 247 Å². The number of hydrogen-bond donors (Lipinski definition) is 2. The fourth-order valence-corrected chi connectivity index (χ4v) is 4.33. The Balaban J connectivity index is 0.000000197. The number of aromatic nitrogens is 2. The number of aromatic amines is 1. The third kappa shape index (κ3) is 7.12. The standard InChI is InChI=1S/C17H16O4.C16H13N3O3/c1-4-13(11-5-7-12(20-2)8-6-11)14-9-16(19)17(21-3)10-15(14)18;1-22-16(21)19-15-17-12-8-7-11(9-13(12)18-15)14(20)10-5-3-2-4-6-10/h4-10,13H,1H2,2-3H3;2-9H,1H3,(H2,17,18,19,21). The lowest BCUT2D eigenvalue weighted by molar-refractivity contribution is -0.117. The van der Waals surface area contributed by atoms with E-state index in [0.717, 1.165) is 11.3 Å². The molecule has 218 valence electrons. The molecule has 1 unspecified atom stereocenters. The van der Waals surface area contributed by atoms with Gasteiger partial charge in [0.15, 0.2) is 17.3 Å². The summed E-state index contributed by atoms with van der Waals surface area (Å²) in [5, 5.41) is 2.45. The molecule has 0 fully saturated rings. The summed E-state index contributed by atoms with van der Waals surface area (Å²) < 4.78 is 14.5. The van der Waals surface area contributed by atoms with Gasteiger partial charge in [-0.15, -0.1) is 6.58 Å². The number of H-pyrrole nitrogens is 1. The van der Waals surface area contributed by atoms with E-state index >= 15 is 0 Å². The third-order valence-corrected chi connectivity index (χ3v) is 6.53. The van der Waals surface area contributed by atoms with Crippen molar-refractivity contribution >= 4 is 40.4 Å². The van der Waals surface area contributed by atoms with E-state index < -0.39 is 6.09 Å². The molecule has 4 aromatic rings.